The number of carbonyl (C=O) groups excluding carboxylic acids is 1. The highest BCUT2D eigenvalue weighted by atomic mass is 127. The fraction of sp³-hybridized carbons (Fsp3) is 0.412. The van der Waals surface area contributed by atoms with Gasteiger partial charge in [0, 0.05) is 21.4 Å². The fourth-order valence-corrected chi connectivity index (χ4v) is 2.95. The van der Waals surface area contributed by atoms with Gasteiger partial charge in [0.1, 0.15) is 0 Å². The number of nitrogens with zero attached hydrogens (tertiary/aromatic N) is 2. The van der Waals surface area contributed by atoms with Crippen LogP contribution in [0.1, 0.15) is 30.8 Å². The van der Waals surface area contributed by atoms with Crippen LogP contribution in [0.2, 0.25) is 0 Å². The maximum Gasteiger partial charge on any atom is 0.228 e. The van der Waals surface area contributed by atoms with E-state index in [-0.39, 0.29) is 5.91 Å². The van der Waals surface area contributed by atoms with Crippen LogP contribution in [-0.2, 0) is 17.8 Å². The standard InChI is InChI=1S/C17H22IN3O/c1-11(2)10-21-13(4)14(12(3)20-21)9-17(22)19-16-8-6-5-7-15(16)18/h5-8,11H,9-10H2,1-4H3,(H,19,22). The van der Waals surface area contributed by atoms with Crippen molar-refractivity contribution in [3.63, 3.8) is 0 Å². The SMILES string of the molecule is Cc1nn(CC(C)C)c(C)c1CC(=O)Nc1ccccc1I. The average molecular weight is 411 g/mol. The molecule has 118 valence electrons. The first-order chi connectivity index (χ1) is 10.4. The second-order valence-electron chi connectivity index (χ2n) is 5.93. The highest BCUT2D eigenvalue weighted by molar-refractivity contribution is 14.1. The first-order valence-electron chi connectivity index (χ1n) is 7.45. The molecule has 0 fully saturated rings. The fourth-order valence-electron chi connectivity index (χ4n) is 2.43. The summed E-state index contributed by atoms with van der Waals surface area (Å²) in [6.07, 6.45) is 0.362. The molecule has 0 unspecified atom stereocenters. The molecule has 1 N–H and O–H groups in total. The molecule has 1 heterocycles. The maximum atomic E-state index is 12.3. The monoisotopic (exact) mass is 411 g/mol. The van der Waals surface area contributed by atoms with Crippen LogP contribution in [0.15, 0.2) is 24.3 Å². The third-order valence-electron chi connectivity index (χ3n) is 3.55. The minimum Gasteiger partial charge on any atom is -0.325 e. The Morgan fingerprint density at radius 3 is 2.64 bits per heavy atom. The summed E-state index contributed by atoms with van der Waals surface area (Å²) in [6.45, 7) is 9.22. The smallest absolute Gasteiger partial charge is 0.228 e. The van der Waals surface area contributed by atoms with Crippen molar-refractivity contribution in [2.75, 3.05) is 5.32 Å². The van der Waals surface area contributed by atoms with Gasteiger partial charge in [-0.25, -0.2) is 0 Å². The lowest BCUT2D eigenvalue weighted by Crippen LogP contribution is -2.16. The summed E-state index contributed by atoms with van der Waals surface area (Å²) in [5.74, 6) is 0.532. The molecule has 0 saturated heterocycles. The Kier molecular flexibility index (Phi) is 5.61. The molecule has 5 heteroatoms. The molecule has 0 aliphatic rings. The lowest BCUT2D eigenvalue weighted by molar-refractivity contribution is -0.115. The zero-order valence-corrected chi connectivity index (χ0v) is 15.6. The highest BCUT2D eigenvalue weighted by Gasteiger charge is 2.16. The van der Waals surface area contributed by atoms with Crippen LogP contribution in [-0.4, -0.2) is 15.7 Å². The van der Waals surface area contributed by atoms with Crippen molar-refractivity contribution in [1.29, 1.82) is 0 Å². The second-order valence-corrected chi connectivity index (χ2v) is 7.09. The van der Waals surface area contributed by atoms with Crippen LogP contribution in [0, 0.1) is 23.3 Å². The minimum atomic E-state index is -0.000544. The number of carbonyl (C=O) groups is 1. The summed E-state index contributed by atoms with van der Waals surface area (Å²) >= 11 is 2.22. The summed E-state index contributed by atoms with van der Waals surface area (Å²) in [5, 5.41) is 7.54. The largest absolute Gasteiger partial charge is 0.325 e. The van der Waals surface area contributed by atoms with Crippen molar-refractivity contribution in [3.8, 4) is 0 Å². The van der Waals surface area contributed by atoms with Gasteiger partial charge >= 0.3 is 0 Å². The summed E-state index contributed by atoms with van der Waals surface area (Å²) in [4.78, 5) is 12.3. The van der Waals surface area contributed by atoms with Crippen LogP contribution < -0.4 is 5.32 Å². The van der Waals surface area contributed by atoms with Gasteiger partial charge in [-0.2, -0.15) is 5.10 Å². The third kappa shape index (κ3) is 4.09. The van der Waals surface area contributed by atoms with Crippen LogP contribution in [0.4, 0.5) is 5.69 Å². The van der Waals surface area contributed by atoms with Crippen molar-refractivity contribution in [1.82, 2.24) is 9.78 Å². The van der Waals surface area contributed by atoms with Gasteiger partial charge in [0.15, 0.2) is 0 Å². The summed E-state index contributed by atoms with van der Waals surface area (Å²) < 4.78 is 3.05. The molecule has 0 aliphatic carbocycles. The van der Waals surface area contributed by atoms with E-state index in [1.165, 1.54) is 0 Å². The maximum absolute atomic E-state index is 12.3. The van der Waals surface area contributed by atoms with E-state index >= 15 is 0 Å². The summed E-state index contributed by atoms with van der Waals surface area (Å²) in [6, 6.07) is 7.78. The van der Waals surface area contributed by atoms with Crippen LogP contribution in [0.5, 0.6) is 0 Å². The van der Waals surface area contributed by atoms with Gasteiger partial charge in [0.25, 0.3) is 0 Å². The second kappa shape index (κ2) is 7.26. The molecule has 1 aromatic carbocycles. The van der Waals surface area contributed by atoms with E-state index in [0.29, 0.717) is 12.3 Å². The van der Waals surface area contributed by atoms with Crippen LogP contribution >= 0.6 is 22.6 Å². The number of hydrogen-bond acceptors (Lipinski definition) is 2. The van der Waals surface area contributed by atoms with E-state index < -0.39 is 0 Å². The Hall–Kier alpha value is -1.37. The van der Waals surface area contributed by atoms with Gasteiger partial charge in [-0.05, 0) is 54.5 Å². The number of aromatic nitrogens is 2. The zero-order valence-electron chi connectivity index (χ0n) is 13.5. The van der Waals surface area contributed by atoms with E-state index in [4.69, 9.17) is 0 Å². The quantitative estimate of drug-likeness (QED) is 0.758. The molecule has 0 atom stereocenters. The molecule has 2 rings (SSSR count). The van der Waals surface area contributed by atoms with Crippen molar-refractivity contribution in [2.45, 2.75) is 40.7 Å². The first-order valence-corrected chi connectivity index (χ1v) is 8.53. The first kappa shape index (κ1) is 17.0. The number of para-hydroxylation sites is 1. The van der Waals surface area contributed by atoms with Crippen molar-refractivity contribution < 1.29 is 4.79 Å². The molecule has 0 saturated carbocycles. The predicted octanol–water partition coefficient (Wildman–Crippen LogP) is 3.94. The Balaban J connectivity index is 2.12. The van der Waals surface area contributed by atoms with E-state index in [1.807, 2.05) is 42.8 Å². The molecule has 2 aromatic rings. The van der Waals surface area contributed by atoms with Gasteiger partial charge in [-0.15, -0.1) is 0 Å². The molecule has 0 aliphatic heterocycles. The van der Waals surface area contributed by atoms with E-state index in [1.54, 1.807) is 0 Å². The molecule has 1 amide bonds. The van der Waals surface area contributed by atoms with Gasteiger partial charge in [-0.3, -0.25) is 9.48 Å². The number of hydrogen-bond donors (Lipinski definition) is 1. The number of aryl methyl sites for hydroxylation is 1. The lowest BCUT2D eigenvalue weighted by atomic mass is 10.1. The van der Waals surface area contributed by atoms with E-state index in [2.05, 4.69) is 46.9 Å². The van der Waals surface area contributed by atoms with Gasteiger partial charge in [0.05, 0.1) is 17.8 Å². The van der Waals surface area contributed by atoms with Crippen LogP contribution in [0.3, 0.4) is 0 Å². The molecule has 4 nitrogen and oxygen atoms in total. The normalized spacial score (nSPS) is 11.0. The lowest BCUT2D eigenvalue weighted by Gasteiger charge is -2.09. The topological polar surface area (TPSA) is 46.9 Å². The van der Waals surface area contributed by atoms with Crippen LogP contribution in [0.25, 0.3) is 0 Å². The zero-order chi connectivity index (χ0) is 16.3. The minimum absolute atomic E-state index is 0.000544. The average Bonchev–Trinajstić information content (AvgIpc) is 2.68. The van der Waals surface area contributed by atoms with Gasteiger partial charge in [0.2, 0.25) is 5.91 Å². The number of rotatable bonds is 5. The summed E-state index contributed by atoms with van der Waals surface area (Å²) in [7, 11) is 0. The van der Waals surface area contributed by atoms with Gasteiger partial charge in [-0.1, -0.05) is 26.0 Å². The number of amides is 1. The van der Waals surface area contributed by atoms with E-state index in [0.717, 1.165) is 32.8 Å². The Morgan fingerprint density at radius 1 is 1.32 bits per heavy atom. The molecule has 0 spiro atoms. The summed E-state index contributed by atoms with van der Waals surface area (Å²) in [5.41, 5.74) is 3.92. The predicted molar refractivity (Wildman–Crippen MR) is 98.0 cm³/mol. The Bertz CT molecular complexity index is 677. The number of nitrogens with one attached hydrogen (secondary N) is 1. The molecular formula is C17H22IN3O. The molecule has 0 radical (unpaired) electrons. The third-order valence-corrected chi connectivity index (χ3v) is 4.50. The number of halogens is 1. The molecule has 0 bridgehead atoms. The highest BCUT2D eigenvalue weighted by Crippen LogP contribution is 2.19. The molecule has 1 aromatic heterocycles. The van der Waals surface area contributed by atoms with Gasteiger partial charge < -0.3 is 5.32 Å². The Labute approximate surface area is 145 Å². The molecular weight excluding hydrogens is 389 g/mol. The number of benzene rings is 1. The Morgan fingerprint density at radius 2 is 2.00 bits per heavy atom. The van der Waals surface area contributed by atoms with Crippen molar-refractivity contribution >= 4 is 34.2 Å². The van der Waals surface area contributed by atoms with Crippen molar-refractivity contribution in [3.05, 3.63) is 44.8 Å². The molecule has 22 heavy (non-hydrogen) atoms. The van der Waals surface area contributed by atoms with Crippen molar-refractivity contribution in [2.24, 2.45) is 5.92 Å². The number of anilines is 1. The van der Waals surface area contributed by atoms with E-state index in [9.17, 15) is 4.79 Å².